The number of rotatable bonds is 9. The van der Waals surface area contributed by atoms with Crippen LogP contribution < -0.4 is 10.6 Å². The van der Waals surface area contributed by atoms with Gasteiger partial charge in [0, 0.05) is 38.8 Å². The zero-order valence-electron chi connectivity index (χ0n) is 19.0. The van der Waals surface area contributed by atoms with Crippen LogP contribution in [0, 0.1) is 0 Å². The molecule has 0 bridgehead atoms. The third kappa shape index (κ3) is 9.20. The Morgan fingerprint density at radius 1 is 1.03 bits per heavy atom. The number of aliphatic imine (C=N–C) groups is 1. The number of benzene rings is 1. The Balaban J connectivity index is 0.00000450. The van der Waals surface area contributed by atoms with Crippen molar-refractivity contribution in [2.75, 3.05) is 46.3 Å². The summed E-state index contributed by atoms with van der Waals surface area (Å²) < 4.78 is 0. The molecule has 0 saturated carbocycles. The fraction of sp³-hybridized carbons (Fsp3) is 0.652. The molecule has 1 aliphatic heterocycles. The van der Waals surface area contributed by atoms with Gasteiger partial charge in [0.15, 0.2) is 5.96 Å². The van der Waals surface area contributed by atoms with Crippen molar-refractivity contribution in [3.05, 3.63) is 35.4 Å². The molecule has 0 unspecified atom stereocenters. The van der Waals surface area contributed by atoms with Gasteiger partial charge in [0.2, 0.25) is 0 Å². The lowest BCUT2D eigenvalue weighted by Gasteiger charge is -2.20. The first-order valence-electron chi connectivity index (χ1n) is 11.2. The topological polar surface area (TPSA) is 60.0 Å². The van der Waals surface area contributed by atoms with E-state index in [0.29, 0.717) is 6.54 Å². The molecule has 1 aromatic rings. The Bertz CT molecular complexity index is 623. The molecular formula is C23H40IN5O. The molecule has 2 N–H and O–H groups in total. The molecule has 1 aromatic carbocycles. The predicted molar refractivity (Wildman–Crippen MR) is 137 cm³/mol. The van der Waals surface area contributed by atoms with Gasteiger partial charge in [-0.2, -0.15) is 0 Å². The summed E-state index contributed by atoms with van der Waals surface area (Å²) in [6.45, 7) is 10.7. The van der Waals surface area contributed by atoms with Crippen LogP contribution in [-0.4, -0.2) is 68.0 Å². The molecule has 1 heterocycles. The van der Waals surface area contributed by atoms with Gasteiger partial charge in [-0.1, -0.05) is 25.0 Å². The number of likely N-dealkylation sites (tertiary alicyclic amines) is 1. The van der Waals surface area contributed by atoms with Crippen LogP contribution in [0.2, 0.25) is 0 Å². The quantitative estimate of drug-likeness (QED) is 0.222. The van der Waals surface area contributed by atoms with Gasteiger partial charge in [0.1, 0.15) is 0 Å². The van der Waals surface area contributed by atoms with Crippen molar-refractivity contribution in [3.63, 3.8) is 0 Å². The second kappa shape index (κ2) is 15.5. The minimum atomic E-state index is 0. The summed E-state index contributed by atoms with van der Waals surface area (Å²) in [5.41, 5.74) is 1.88. The molecule has 2 rings (SSSR count). The zero-order valence-corrected chi connectivity index (χ0v) is 21.3. The van der Waals surface area contributed by atoms with E-state index in [-0.39, 0.29) is 29.9 Å². The molecule has 1 amide bonds. The van der Waals surface area contributed by atoms with Gasteiger partial charge in [-0.15, -0.1) is 24.0 Å². The number of carbonyl (C=O) groups is 1. The van der Waals surface area contributed by atoms with Gasteiger partial charge < -0.3 is 20.4 Å². The first kappa shape index (κ1) is 26.7. The maximum atomic E-state index is 12.4. The van der Waals surface area contributed by atoms with Crippen LogP contribution in [-0.2, 0) is 6.54 Å². The third-order valence-corrected chi connectivity index (χ3v) is 5.58. The SMILES string of the molecule is CCN(CC)C(=O)c1ccc(CNC(=NC)NCCCN2CCCCCC2)cc1.I. The number of amides is 1. The van der Waals surface area contributed by atoms with Crippen LogP contribution in [0.5, 0.6) is 0 Å². The second-order valence-electron chi connectivity index (χ2n) is 7.64. The highest BCUT2D eigenvalue weighted by Gasteiger charge is 2.12. The van der Waals surface area contributed by atoms with E-state index in [1.807, 2.05) is 43.0 Å². The summed E-state index contributed by atoms with van der Waals surface area (Å²) in [5.74, 6) is 0.917. The van der Waals surface area contributed by atoms with E-state index in [1.54, 1.807) is 7.05 Å². The van der Waals surface area contributed by atoms with Crippen molar-refractivity contribution >= 4 is 35.8 Å². The Labute approximate surface area is 199 Å². The number of hydrogen-bond donors (Lipinski definition) is 2. The first-order chi connectivity index (χ1) is 14.2. The van der Waals surface area contributed by atoms with Crippen molar-refractivity contribution in [1.29, 1.82) is 0 Å². The molecule has 7 heteroatoms. The summed E-state index contributed by atoms with van der Waals surface area (Å²) in [6.07, 6.45) is 6.58. The molecule has 1 aliphatic rings. The van der Waals surface area contributed by atoms with Crippen molar-refractivity contribution in [3.8, 4) is 0 Å². The number of nitrogens with zero attached hydrogens (tertiary/aromatic N) is 3. The Kier molecular flexibility index (Phi) is 13.7. The lowest BCUT2D eigenvalue weighted by Crippen LogP contribution is -2.38. The Morgan fingerprint density at radius 2 is 1.67 bits per heavy atom. The van der Waals surface area contributed by atoms with Gasteiger partial charge in [0.05, 0.1) is 0 Å². The monoisotopic (exact) mass is 529 g/mol. The molecule has 1 saturated heterocycles. The molecule has 170 valence electrons. The van der Waals surface area contributed by atoms with Gasteiger partial charge >= 0.3 is 0 Å². The standard InChI is InChI=1S/C23H39N5O.HI/c1-4-28(5-2)22(29)21-13-11-20(12-14-21)19-26-23(24-3)25-15-10-18-27-16-8-6-7-9-17-27;/h11-14H,4-10,15-19H2,1-3H3,(H2,24,25,26);1H. The van der Waals surface area contributed by atoms with Crippen LogP contribution in [0.15, 0.2) is 29.3 Å². The molecule has 0 spiro atoms. The Hall–Kier alpha value is -1.35. The largest absolute Gasteiger partial charge is 0.356 e. The fourth-order valence-electron chi connectivity index (χ4n) is 3.73. The van der Waals surface area contributed by atoms with E-state index in [4.69, 9.17) is 0 Å². The maximum absolute atomic E-state index is 12.4. The van der Waals surface area contributed by atoms with Crippen molar-refractivity contribution in [1.82, 2.24) is 20.4 Å². The van der Waals surface area contributed by atoms with E-state index < -0.39 is 0 Å². The van der Waals surface area contributed by atoms with Crippen LogP contribution in [0.4, 0.5) is 0 Å². The molecule has 0 aromatic heterocycles. The minimum absolute atomic E-state index is 0. The number of carbonyl (C=O) groups excluding carboxylic acids is 1. The lowest BCUT2D eigenvalue weighted by molar-refractivity contribution is 0.0773. The second-order valence-corrected chi connectivity index (χ2v) is 7.64. The number of guanidine groups is 1. The summed E-state index contributed by atoms with van der Waals surface area (Å²) in [7, 11) is 1.80. The molecule has 1 fully saturated rings. The maximum Gasteiger partial charge on any atom is 0.253 e. The molecule has 6 nitrogen and oxygen atoms in total. The number of nitrogens with one attached hydrogen (secondary N) is 2. The zero-order chi connectivity index (χ0) is 20.9. The van der Waals surface area contributed by atoms with Crippen LogP contribution in [0.1, 0.15) is 61.9 Å². The molecule has 0 radical (unpaired) electrons. The molecule has 30 heavy (non-hydrogen) atoms. The highest BCUT2D eigenvalue weighted by atomic mass is 127. The third-order valence-electron chi connectivity index (χ3n) is 5.58. The normalized spacial score (nSPS) is 15.1. The summed E-state index contributed by atoms with van der Waals surface area (Å²) in [5, 5.41) is 6.76. The van der Waals surface area contributed by atoms with E-state index in [1.165, 1.54) is 38.8 Å². The average Bonchev–Trinajstić information content (AvgIpc) is 3.03. The minimum Gasteiger partial charge on any atom is -0.356 e. The lowest BCUT2D eigenvalue weighted by atomic mass is 10.1. The number of hydrogen-bond acceptors (Lipinski definition) is 3. The fourth-order valence-corrected chi connectivity index (χ4v) is 3.73. The highest BCUT2D eigenvalue weighted by molar-refractivity contribution is 14.0. The molecule has 0 atom stereocenters. The summed E-state index contributed by atoms with van der Waals surface area (Å²) >= 11 is 0. The van der Waals surface area contributed by atoms with E-state index in [9.17, 15) is 4.79 Å². The van der Waals surface area contributed by atoms with Gasteiger partial charge in [-0.05, 0) is 70.4 Å². The van der Waals surface area contributed by atoms with Crippen LogP contribution in [0.25, 0.3) is 0 Å². The molecular weight excluding hydrogens is 489 g/mol. The Morgan fingerprint density at radius 3 is 2.23 bits per heavy atom. The highest BCUT2D eigenvalue weighted by Crippen LogP contribution is 2.10. The summed E-state index contributed by atoms with van der Waals surface area (Å²) in [4.78, 5) is 21.1. The van der Waals surface area contributed by atoms with Crippen LogP contribution >= 0.6 is 24.0 Å². The van der Waals surface area contributed by atoms with Crippen molar-refractivity contribution in [2.45, 2.75) is 52.5 Å². The molecule has 0 aliphatic carbocycles. The van der Waals surface area contributed by atoms with E-state index in [0.717, 1.165) is 49.7 Å². The summed E-state index contributed by atoms with van der Waals surface area (Å²) in [6, 6.07) is 7.84. The van der Waals surface area contributed by atoms with Gasteiger partial charge in [-0.25, -0.2) is 0 Å². The number of halogens is 1. The predicted octanol–water partition coefficient (Wildman–Crippen LogP) is 3.72. The first-order valence-corrected chi connectivity index (χ1v) is 11.2. The van der Waals surface area contributed by atoms with E-state index in [2.05, 4.69) is 20.5 Å². The smallest absolute Gasteiger partial charge is 0.253 e. The average molecular weight is 530 g/mol. The van der Waals surface area contributed by atoms with E-state index >= 15 is 0 Å². The van der Waals surface area contributed by atoms with Crippen molar-refractivity contribution < 1.29 is 4.79 Å². The van der Waals surface area contributed by atoms with Crippen molar-refractivity contribution in [2.24, 2.45) is 4.99 Å². The van der Waals surface area contributed by atoms with Gasteiger partial charge in [-0.3, -0.25) is 9.79 Å². The van der Waals surface area contributed by atoms with Gasteiger partial charge in [0.25, 0.3) is 5.91 Å². The van der Waals surface area contributed by atoms with Crippen LogP contribution in [0.3, 0.4) is 0 Å².